The maximum absolute atomic E-state index is 9.30. The molecule has 3 N–H and O–H groups in total. The van der Waals surface area contributed by atoms with Crippen LogP contribution in [0.15, 0.2) is 0 Å². The normalized spacial score (nSPS) is 15.2. The van der Waals surface area contributed by atoms with Crippen LogP contribution in [-0.2, 0) is 0 Å². The van der Waals surface area contributed by atoms with E-state index < -0.39 is 5.72 Å². The fourth-order valence-electron chi connectivity index (χ4n) is 1.79. The van der Waals surface area contributed by atoms with Crippen LogP contribution < -0.4 is 5.73 Å². The average Bonchev–Trinajstić information content (AvgIpc) is 2.14. The molecule has 2 nitrogen and oxygen atoms in total. The molecule has 0 bridgehead atoms. The second-order valence-electron chi connectivity index (χ2n) is 4.94. The van der Waals surface area contributed by atoms with Crippen molar-refractivity contribution in [3.63, 3.8) is 0 Å². The van der Waals surface area contributed by atoms with Gasteiger partial charge in [-0.3, -0.25) is 0 Å². The van der Waals surface area contributed by atoms with E-state index in [1.807, 2.05) is 0 Å². The van der Waals surface area contributed by atoms with E-state index in [0.717, 1.165) is 12.8 Å². The molecule has 0 aromatic carbocycles. The zero-order chi connectivity index (χ0) is 11.6. The van der Waals surface area contributed by atoms with Crippen LogP contribution in [0.1, 0.15) is 78.1 Å². The maximum atomic E-state index is 9.30. The van der Waals surface area contributed by atoms with Crippen LogP contribution in [0.25, 0.3) is 0 Å². The zero-order valence-electron chi connectivity index (χ0n) is 10.6. The molecule has 0 aliphatic rings. The molecule has 92 valence electrons. The third-order valence-electron chi connectivity index (χ3n) is 2.79. The standard InChI is InChI=1S/C13H29NO/c1-3-4-5-6-7-8-9-10-11-12-13(2,14)15/h15H,3-12,14H2,1-2H3. The van der Waals surface area contributed by atoms with Crippen LogP contribution in [0.4, 0.5) is 0 Å². The van der Waals surface area contributed by atoms with Crippen molar-refractivity contribution in [2.45, 2.75) is 83.8 Å². The first-order valence-corrected chi connectivity index (χ1v) is 6.57. The minimum absolute atomic E-state index is 0.725. The van der Waals surface area contributed by atoms with E-state index in [1.165, 1.54) is 51.4 Å². The summed E-state index contributed by atoms with van der Waals surface area (Å²) in [6.45, 7) is 3.93. The van der Waals surface area contributed by atoms with Crippen LogP contribution in [-0.4, -0.2) is 10.8 Å². The summed E-state index contributed by atoms with van der Waals surface area (Å²) < 4.78 is 0. The van der Waals surface area contributed by atoms with Crippen LogP contribution in [0, 0.1) is 0 Å². The van der Waals surface area contributed by atoms with E-state index in [4.69, 9.17) is 5.73 Å². The second kappa shape index (κ2) is 9.17. The molecule has 0 amide bonds. The summed E-state index contributed by atoms with van der Waals surface area (Å²) in [7, 11) is 0. The van der Waals surface area contributed by atoms with Crippen molar-refractivity contribution in [1.82, 2.24) is 0 Å². The number of hydrogen-bond donors (Lipinski definition) is 2. The van der Waals surface area contributed by atoms with E-state index in [0.29, 0.717) is 0 Å². The predicted octanol–water partition coefficient (Wildman–Crippen LogP) is 3.57. The van der Waals surface area contributed by atoms with Gasteiger partial charge in [0, 0.05) is 0 Å². The summed E-state index contributed by atoms with van der Waals surface area (Å²) >= 11 is 0. The van der Waals surface area contributed by atoms with Gasteiger partial charge in [-0.1, -0.05) is 58.3 Å². The summed E-state index contributed by atoms with van der Waals surface area (Å²) in [5.41, 5.74) is 4.53. The Bertz CT molecular complexity index is 129. The quantitative estimate of drug-likeness (QED) is 0.432. The van der Waals surface area contributed by atoms with E-state index in [9.17, 15) is 5.11 Å². The number of hydrogen-bond acceptors (Lipinski definition) is 2. The van der Waals surface area contributed by atoms with Gasteiger partial charge >= 0.3 is 0 Å². The van der Waals surface area contributed by atoms with Crippen molar-refractivity contribution in [1.29, 1.82) is 0 Å². The third-order valence-corrected chi connectivity index (χ3v) is 2.79. The minimum Gasteiger partial charge on any atom is -0.376 e. The lowest BCUT2D eigenvalue weighted by Crippen LogP contribution is -2.35. The van der Waals surface area contributed by atoms with Crippen LogP contribution in [0.2, 0.25) is 0 Å². The molecule has 1 unspecified atom stereocenters. The summed E-state index contributed by atoms with van der Waals surface area (Å²) in [5, 5.41) is 9.30. The van der Waals surface area contributed by atoms with Crippen LogP contribution >= 0.6 is 0 Å². The van der Waals surface area contributed by atoms with Crippen molar-refractivity contribution in [2.24, 2.45) is 5.73 Å². The Morgan fingerprint density at radius 1 is 0.867 bits per heavy atom. The van der Waals surface area contributed by atoms with Gasteiger partial charge in [-0.05, 0) is 19.8 Å². The van der Waals surface area contributed by atoms with Gasteiger partial charge in [-0.25, -0.2) is 0 Å². The van der Waals surface area contributed by atoms with Gasteiger partial charge in [-0.2, -0.15) is 0 Å². The summed E-state index contributed by atoms with van der Waals surface area (Å²) in [4.78, 5) is 0. The molecular weight excluding hydrogens is 186 g/mol. The summed E-state index contributed by atoms with van der Waals surface area (Å²) in [6.07, 6.45) is 12.5. The lowest BCUT2D eigenvalue weighted by molar-refractivity contribution is 0.0550. The highest BCUT2D eigenvalue weighted by atomic mass is 16.3. The molecule has 0 heterocycles. The lowest BCUT2D eigenvalue weighted by Gasteiger charge is -2.16. The first kappa shape index (κ1) is 14.9. The fourth-order valence-corrected chi connectivity index (χ4v) is 1.79. The highest BCUT2D eigenvalue weighted by Crippen LogP contribution is 2.12. The molecule has 0 spiro atoms. The first-order chi connectivity index (χ1) is 7.06. The van der Waals surface area contributed by atoms with Gasteiger partial charge < -0.3 is 10.8 Å². The molecular formula is C13H29NO. The van der Waals surface area contributed by atoms with Crippen LogP contribution in [0.3, 0.4) is 0 Å². The lowest BCUT2D eigenvalue weighted by atomic mass is 10.0. The van der Waals surface area contributed by atoms with E-state index in [2.05, 4.69) is 6.92 Å². The average molecular weight is 215 g/mol. The number of nitrogens with two attached hydrogens (primary N) is 1. The Morgan fingerprint density at radius 3 is 1.67 bits per heavy atom. The van der Waals surface area contributed by atoms with E-state index in [1.54, 1.807) is 6.92 Å². The van der Waals surface area contributed by atoms with Gasteiger partial charge in [0.1, 0.15) is 5.72 Å². The largest absolute Gasteiger partial charge is 0.376 e. The Hall–Kier alpha value is -0.0800. The van der Waals surface area contributed by atoms with Crippen molar-refractivity contribution >= 4 is 0 Å². The van der Waals surface area contributed by atoms with E-state index >= 15 is 0 Å². The molecule has 0 aliphatic carbocycles. The summed E-state index contributed by atoms with van der Waals surface area (Å²) in [6, 6.07) is 0. The molecule has 15 heavy (non-hydrogen) atoms. The van der Waals surface area contributed by atoms with Crippen molar-refractivity contribution in [3.05, 3.63) is 0 Å². The van der Waals surface area contributed by atoms with Gasteiger partial charge in [0.15, 0.2) is 0 Å². The third kappa shape index (κ3) is 13.9. The van der Waals surface area contributed by atoms with Gasteiger partial charge in [0.2, 0.25) is 0 Å². The Kier molecular flexibility index (Phi) is 9.12. The maximum Gasteiger partial charge on any atom is 0.110 e. The second-order valence-corrected chi connectivity index (χ2v) is 4.94. The first-order valence-electron chi connectivity index (χ1n) is 6.57. The van der Waals surface area contributed by atoms with Gasteiger partial charge in [-0.15, -0.1) is 0 Å². The van der Waals surface area contributed by atoms with Crippen molar-refractivity contribution < 1.29 is 5.11 Å². The Balaban J connectivity index is 2.99. The topological polar surface area (TPSA) is 46.2 Å². The van der Waals surface area contributed by atoms with Gasteiger partial charge in [0.25, 0.3) is 0 Å². The van der Waals surface area contributed by atoms with E-state index in [-0.39, 0.29) is 0 Å². The Morgan fingerprint density at radius 2 is 1.27 bits per heavy atom. The molecule has 2 heteroatoms. The highest BCUT2D eigenvalue weighted by molar-refractivity contribution is 4.62. The number of unbranched alkanes of at least 4 members (excludes halogenated alkanes) is 8. The smallest absolute Gasteiger partial charge is 0.110 e. The van der Waals surface area contributed by atoms with Gasteiger partial charge in [0.05, 0.1) is 0 Å². The molecule has 0 fully saturated rings. The molecule has 1 atom stereocenters. The fraction of sp³-hybridized carbons (Fsp3) is 1.00. The zero-order valence-corrected chi connectivity index (χ0v) is 10.6. The molecule has 0 aromatic heterocycles. The number of aliphatic hydroxyl groups is 1. The molecule has 0 saturated carbocycles. The number of rotatable bonds is 10. The predicted molar refractivity (Wildman–Crippen MR) is 66.7 cm³/mol. The van der Waals surface area contributed by atoms with Crippen molar-refractivity contribution in [2.75, 3.05) is 0 Å². The highest BCUT2D eigenvalue weighted by Gasteiger charge is 2.10. The molecule has 0 rings (SSSR count). The molecule has 0 saturated heterocycles. The summed E-state index contributed by atoms with van der Waals surface area (Å²) in [5.74, 6) is 0. The molecule has 0 aromatic rings. The SMILES string of the molecule is CCCCCCCCCCCC(C)(N)O. The monoisotopic (exact) mass is 215 g/mol. The van der Waals surface area contributed by atoms with Crippen LogP contribution in [0.5, 0.6) is 0 Å². The Labute approximate surface area is 95.3 Å². The molecule has 0 radical (unpaired) electrons. The minimum atomic E-state index is -0.957. The van der Waals surface area contributed by atoms with Crippen molar-refractivity contribution in [3.8, 4) is 0 Å². The molecule has 0 aliphatic heterocycles.